The van der Waals surface area contributed by atoms with E-state index in [1.807, 2.05) is 0 Å². The lowest BCUT2D eigenvalue weighted by molar-refractivity contribution is 0.339. The van der Waals surface area contributed by atoms with E-state index in [1.165, 1.54) is 6.26 Å². The van der Waals surface area contributed by atoms with Crippen molar-refractivity contribution in [2.45, 2.75) is 12.5 Å². The van der Waals surface area contributed by atoms with E-state index in [2.05, 4.69) is 9.62 Å². The van der Waals surface area contributed by atoms with Crippen LogP contribution in [-0.4, -0.2) is 51.8 Å². The molecule has 5 nitrogen and oxygen atoms in total. The molecule has 1 aliphatic rings. The second kappa shape index (κ2) is 5.87. The van der Waals surface area contributed by atoms with Crippen LogP contribution in [-0.2, 0) is 10.0 Å². The first-order valence-electron chi connectivity index (χ1n) is 4.40. The fourth-order valence-electron chi connectivity index (χ4n) is 1.45. The van der Waals surface area contributed by atoms with Gasteiger partial charge in [0.15, 0.2) is 0 Å². The molecule has 0 saturated carbocycles. The maximum absolute atomic E-state index is 10.7. The monoisotopic (exact) mass is 243 g/mol. The van der Waals surface area contributed by atoms with Gasteiger partial charge in [0.2, 0.25) is 10.0 Å². The molecule has 0 radical (unpaired) electrons. The molecule has 1 saturated heterocycles. The minimum Gasteiger partial charge on any atom is -0.326 e. The molecular weight excluding hydrogens is 226 g/mol. The van der Waals surface area contributed by atoms with E-state index in [4.69, 9.17) is 5.73 Å². The summed E-state index contributed by atoms with van der Waals surface area (Å²) in [5.74, 6) is 0. The van der Waals surface area contributed by atoms with Gasteiger partial charge < -0.3 is 10.6 Å². The second-order valence-corrected chi connectivity index (χ2v) is 5.35. The summed E-state index contributed by atoms with van der Waals surface area (Å²) in [7, 11) is -3.04. The molecule has 0 aromatic rings. The zero-order valence-corrected chi connectivity index (χ0v) is 9.90. The number of hydrogen-bond acceptors (Lipinski definition) is 4. The lowest BCUT2D eigenvalue weighted by Gasteiger charge is -2.14. The number of rotatable bonds is 4. The Hall–Kier alpha value is 0.120. The Morgan fingerprint density at radius 3 is 2.64 bits per heavy atom. The highest BCUT2D eigenvalue weighted by molar-refractivity contribution is 7.88. The van der Waals surface area contributed by atoms with Crippen LogP contribution < -0.4 is 10.5 Å². The van der Waals surface area contributed by atoms with Gasteiger partial charge in [-0.25, -0.2) is 13.1 Å². The van der Waals surface area contributed by atoms with Crippen LogP contribution in [0.4, 0.5) is 0 Å². The van der Waals surface area contributed by atoms with Gasteiger partial charge in [-0.1, -0.05) is 0 Å². The molecule has 0 amide bonds. The number of nitrogens with zero attached hydrogens (tertiary/aromatic N) is 1. The van der Waals surface area contributed by atoms with Crippen molar-refractivity contribution in [3.8, 4) is 0 Å². The summed E-state index contributed by atoms with van der Waals surface area (Å²) in [4.78, 5) is 2.17. The Kier molecular flexibility index (Phi) is 5.92. The van der Waals surface area contributed by atoms with Gasteiger partial charge in [-0.15, -0.1) is 12.4 Å². The fraction of sp³-hybridized carbons (Fsp3) is 1.00. The highest BCUT2D eigenvalue weighted by Crippen LogP contribution is 2.04. The number of likely N-dealkylation sites (tertiary alicyclic amines) is 1. The van der Waals surface area contributed by atoms with E-state index in [0.717, 1.165) is 26.1 Å². The lowest BCUT2D eigenvalue weighted by atomic mass is 10.3. The summed E-state index contributed by atoms with van der Waals surface area (Å²) in [5, 5.41) is 0. The van der Waals surface area contributed by atoms with Crippen molar-refractivity contribution in [3.05, 3.63) is 0 Å². The molecule has 1 rings (SSSR count). The van der Waals surface area contributed by atoms with Gasteiger partial charge in [-0.3, -0.25) is 0 Å². The zero-order chi connectivity index (χ0) is 9.90. The summed E-state index contributed by atoms with van der Waals surface area (Å²) in [6, 6.07) is 0.262. The molecule has 1 fully saturated rings. The molecular formula is C7H18ClN3O2S. The molecule has 0 aromatic carbocycles. The zero-order valence-electron chi connectivity index (χ0n) is 8.27. The quantitative estimate of drug-likeness (QED) is 0.664. The van der Waals surface area contributed by atoms with Crippen LogP contribution in [0.15, 0.2) is 0 Å². The second-order valence-electron chi connectivity index (χ2n) is 3.52. The third-order valence-corrected chi connectivity index (χ3v) is 2.83. The van der Waals surface area contributed by atoms with Gasteiger partial charge in [0, 0.05) is 25.7 Å². The van der Waals surface area contributed by atoms with E-state index in [1.54, 1.807) is 0 Å². The van der Waals surface area contributed by atoms with Crippen LogP contribution in [0, 0.1) is 0 Å². The van der Waals surface area contributed by atoms with Crippen molar-refractivity contribution in [1.82, 2.24) is 9.62 Å². The van der Waals surface area contributed by atoms with Crippen LogP contribution in [0.1, 0.15) is 6.42 Å². The minimum atomic E-state index is -3.04. The summed E-state index contributed by atoms with van der Waals surface area (Å²) in [5.41, 5.74) is 5.70. The Labute approximate surface area is 91.5 Å². The first-order valence-corrected chi connectivity index (χ1v) is 6.29. The van der Waals surface area contributed by atoms with Crippen molar-refractivity contribution in [3.63, 3.8) is 0 Å². The SMILES string of the molecule is CS(=O)(=O)NCCN1CC[C@H](N)C1.Cl. The number of nitrogens with two attached hydrogens (primary N) is 1. The van der Waals surface area contributed by atoms with E-state index in [9.17, 15) is 8.42 Å². The van der Waals surface area contributed by atoms with Crippen molar-refractivity contribution in [1.29, 1.82) is 0 Å². The third-order valence-electron chi connectivity index (χ3n) is 2.10. The molecule has 1 aliphatic heterocycles. The van der Waals surface area contributed by atoms with Gasteiger partial charge in [0.05, 0.1) is 6.26 Å². The Morgan fingerprint density at radius 2 is 2.21 bits per heavy atom. The van der Waals surface area contributed by atoms with Gasteiger partial charge in [0.25, 0.3) is 0 Å². The molecule has 1 atom stereocenters. The fourth-order valence-corrected chi connectivity index (χ4v) is 1.92. The standard InChI is InChI=1S/C7H17N3O2S.ClH/c1-13(11,12)9-3-5-10-4-2-7(8)6-10;/h7,9H,2-6,8H2,1H3;1H/t7-;/m0./s1. The highest BCUT2D eigenvalue weighted by Gasteiger charge is 2.18. The van der Waals surface area contributed by atoms with Crippen LogP contribution in [0.2, 0.25) is 0 Å². The molecule has 0 aromatic heterocycles. The Bertz CT molecular complexity index is 258. The van der Waals surface area contributed by atoms with E-state index >= 15 is 0 Å². The van der Waals surface area contributed by atoms with Crippen LogP contribution in [0.25, 0.3) is 0 Å². The topological polar surface area (TPSA) is 75.4 Å². The van der Waals surface area contributed by atoms with E-state index in [0.29, 0.717) is 6.54 Å². The molecule has 0 unspecified atom stereocenters. The number of sulfonamides is 1. The van der Waals surface area contributed by atoms with Gasteiger partial charge in [-0.05, 0) is 13.0 Å². The molecule has 1 heterocycles. The maximum Gasteiger partial charge on any atom is 0.208 e. The summed E-state index contributed by atoms with van der Waals surface area (Å²) < 4.78 is 23.9. The first kappa shape index (κ1) is 14.1. The van der Waals surface area contributed by atoms with Crippen molar-refractivity contribution >= 4 is 22.4 Å². The average molecular weight is 244 g/mol. The van der Waals surface area contributed by atoms with Gasteiger partial charge in [0.1, 0.15) is 0 Å². The normalized spacial score (nSPS) is 23.4. The van der Waals surface area contributed by atoms with Crippen molar-refractivity contribution in [2.75, 3.05) is 32.4 Å². The predicted octanol–water partition coefficient (Wildman–Crippen LogP) is -1.01. The van der Waals surface area contributed by atoms with Crippen LogP contribution in [0.5, 0.6) is 0 Å². The van der Waals surface area contributed by atoms with Gasteiger partial charge in [-0.2, -0.15) is 0 Å². The van der Waals surface area contributed by atoms with E-state index < -0.39 is 10.0 Å². The van der Waals surface area contributed by atoms with Gasteiger partial charge >= 0.3 is 0 Å². The van der Waals surface area contributed by atoms with E-state index in [-0.39, 0.29) is 18.4 Å². The lowest BCUT2D eigenvalue weighted by Crippen LogP contribution is -2.34. The predicted molar refractivity (Wildman–Crippen MR) is 59.1 cm³/mol. The average Bonchev–Trinajstić information content (AvgIpc) is 2.33. The van der Waals surface area contributed by atoms with Crippen LogP contribution in [0.3, 0.4) is 0 Å². The minimum absolute atomic E-state index is 0. The number of nitrogens with one attached hydrogen (secondary N) is 1. The summed E-state index contributed by atoms with van der Waals surface area (Å²) in [6.45, 7) is 3.09. The number of hydrogen-bond donors (Lipinski definition) is 2. The first-order chi connectivity index (χ1) is 5.97. The Morgan fingerprint density at radius 1 is 1.57 bits per heavy atom. The van der Waals surface area contributed by atoms with Crippen LogP contribution >= 0.6 is 12.4 Å². The number of halogens is 1. The summed E-state index contributed by atoms with van der Waals surface area (Å²) >= 11 is 0. The summed E-state index contributed by atoms with van der Waals surface area (Å²) in [6.07, 6.45) is 2.18. The van der Waals surface area contributed by atoms with Crippen molar-refractivity contribution in [2.24, 2.45) is 5.73 Å². The molecule has 3 N–H and O–H groups in total. The maximum atomic E-state index is 10.7. The molecule has 0 bridgehead atoms. The molecule has 86 valence electrons. The molecule has 14 heavy (non-hydrogen) atoms. The Balaban J connectivity index is 0.00000169. The third kappa shape index (κ3) is 5.77. The molecule has 0 aliphatic carbocycles. The highest BCUT2D eigenvalue weighted by atomic mass is 35.5. The molecule has 0 spiro atoms. The smallest absolute Gasteiger partial charge is 0.208 e. The van der Waals surface area contributed by atoms with Crippen molar-refractivity contribution < 1.29 is 8.42 Å². The largest absolute Gasteiger partial charge is 0.326 e. The molecule has 7 heteroatoms.